The molecule has 1 aromatic heterocycles. The van der Waals surface area contributed by atoms with Crippen molar-refractivity contribution in [1.82, 2.24) is 9.13 Å². The largest absolute Gasteiger partial charge is 0.328 e. The van der Waals surface area contributed by atoms with Crippen molar-refractivity contribution in [2.24, 2.45) is 14.1 Å². The van der Waals surface area contributed by atoms with Crippen LogP contribution in [0.2, 0.25) is 0 Å². The molecule has 1 aliphatic heterocycles. The number of nitro benzene ring substituents is 1. The first-order valence-electron chi connectivity index (χ1n) is 8.46. The van der Waals surface area contributed by atoms with Crippen LogP contribution >= 0.6 is 24.0 Å². The van der Waals surface area contributed by atoms with Crippen LogP contribution in [0.4, 0.5) is 11.4 Å². The molecule has 2 aromatic carbocycles. The van der Waals surface area contributed by atoms with Gasteiger partial charge in [-0.1, -0.05) is 42.2 Å². The highest BCUT2D eigenvalue weighted by atomic mass is 32.2. The van der Waals surface area contributed by atoms with E-state index in [2.05, 4.69) is 0 Å². The Balaban J connectivity index is 1.86. The van der Waals surface area contributed by atoms with Crippen LogP contribution < -0.4 is 10.6 Å². The van der Waals surface area contributed by atoms with Crippen LogP contribution in [0.1, 0.15) is 5.56 Å². The fraction of sp³-hybridized carbons (Fsp3) is 0.105. The Kier molecular flexibility index (Phi) is 4.59. The molecule has 1 aliphatic rings. The molecule has 29 heavy (non-hydrogen) atoms. The van der Waals surface area contributed by atoms with E-state index >= 15 is 0 Å². The van der Waals surface area contributed by atoms with Gasteiger partial charge in [0.25, 0.3) is 11.6 Å². The van der Waals surface area contributed by atoms with E-state index in [9.17, 15) is 19.7 Å². The van der Waals surface area contributed by atoms with Gasteiger partial charge in [-0.05, 0) is 24.3 Å². The summed E-state index contributed by atoms with van der Waals surface area (Å²) in [6.45, 7) is 0. The minimum Gasteiger partial charge on any atom is -0.295 e. The third-order valence-corrected chi connectivity index (χ3v) is 6.01. The summed E-state index contributed by atoms with van der Waals surface area (Å²) in [5, 5.41) is 11.6. The number of amides is 1. The van der Waals surface area contributed by atoms with E-state index in [4.69, 9.17) is 12.2 Å². The number of benzene rings is 2. The molecular formula is C19H14N4O4S2. The normalized spacial score (nSPS) is 15.7. The standard InChI is InChI=1S/C19H14N4O4S2/c1-20-14-8-11(13(23(26)27)10-15(14)21(2)18(20)25)9-16-17(24)22(19(28)29-16)12-6-4-3-5-7-12/h3-10H,1-2H3/b16-9-. The molecule has 10 heteroatoms. The maximum atomic E-state index is 12.9. The second-order valence-corrected chi connectivity index (χ2v) is 8.09. The smallest absolute Gasteiger partial charge is 0.295 e. The first kappa shape index (κ1) is 19.1. The number of hydrogen-bond acceptors (Lipinski definition) is 6. The highest BCUT2D eigenvalue weighted by Crippen LogP contribution is 2.37. The topological polar surface area (TPSA) is 90.4 Å². The molecule has 0 N–H and O–H groups in total. The number of imidazole rings is 1. The number of nitro groups is 1. The minimum absolute atomic E-state index is 0.191. The summed E-state index contributed by atoms with van der Waals surface area (Å²) in [6, 6.07) is 11.9. The predicted molar refractivity (Wildman–Crippen MR) is 117 cm³/mol. The van der Waals surface area contributed by atoms with E-state index in [0.29, 0.717) is 21.0 Å². The van der Waals surface area contributed by atoms with Crippen molar-refractivity contribution in [3.63, 3.8) is 0 Å². The lowest BCUT2D eigenvalue weighted by Gasteiger charge is -2.13. The van der Waals surface area contributed by atoms with Gasteiger partial charge in [0.05, 0.1) is 32.1 Å². The zero-order chi connectivity index (χ0) is 20.9. The van der Waals surface area contributed by atoms with Crippen molar-refractivity contribution in [1.29, 1.82) is 0 Å². The van der Waals surface area contributed by atoms with Gasteiger partial charge in [0.15, 0.2) is 4.32 Å². The molecule has 0 bridgehead atoms. The average molecular weight is 426 g/mol. The van der Waals surface area contributed by atoms with Gasteiger partial charge in [-0.2, -0.15) is 0 Å². The van der Waals surface area contributed by atoms with Crippen LogP contribution in [0.3, 0.4) is 0 Å². The molecule has 2 heterocycles. The minimum atomic E-state index is -0.527. The fourth-order valence-electron chi connectivity index (χ4n) is 3.23. The summed E-state index contributed by atoms with van der Waals surface area (Å²) < 4.78 is 3.11. The van der Waals surface area contributed by atoms with Gasteiger partial charge in [0.1, 0.15) is 0 Å². The Morgan fingerprint density at radius 1 is 1.07 bits per heavy atom. The fourth-order valence-corrected chi connectivity index (χ4v) is 4.52. The Bertz CT molecular complexity index is 1290. The number of fused-ring (bicyclic) bond motifs is 1. The summed E-state index contributed by atoms with van der Waals surface area (Å²) in [5.41, 5.74) is 1.36. The van der Waals surface area contributed by atoms with Crippen molar-refractivity contribution >= 4 is 62.7 Å². The molecule has 1 saturated heterocycles. The van der Waals surface area contributed by atoms with E-state index < -0.39 is 4.92 Å². The quantitative estimate of drug-likeness (QED) is 0.277. The summed E-state index contributed by atoms with van der Waals surface area (Å²) in [7, 11) is 3.15. The van der Waals surface area contributed by atoms with Gasteiger partial charge in [0, 0.05) is 20.2 Å². The van der Waals surface area contributed by atoms with Crippen LogP contribution in [0.5, 0.6) is 0 Å². The van der Waals surface area contributed by atoms with Crippen LogP contribution in [0.15, 0.2) is 52.2 Å². The molecule has 0 radical (unpaired) electrons. The molecule has 0 saturated carbocycles. The number of hydrogen-bond donors (Lipinski definition) is 0. The Hall–Kier alpha value is -3.24. The predicted octanol–water partition coefficient (Wildman–Crippen LogP) is 3.19. The molecular weight excluding hydrogens is 412 g/mol. The number of rotatable bonds is 3. The van der Waals surface area contributed by atoms with E-state index in [1.807, 2.05) is 6.07 Å². The maximum Gasteiger partial charge on any atom is 0.328 e. The maximum absolute atomic E-state index is 12.9. The molecule has 1 amide bonds. The van der Waals surface area contributed by atoms with E-state index in [0.717, 1.165) is 11.8 Å². The molecule has 4 rings (SSSR count). The van der Waals surface area contributed by atoms with Crippen LogP contribution in [0.25, 0.3) is 17.1 Å². The van der Waals surface area contributed by atoms with Gasteiger partial charge in [0.2, 0.25) is 0 Å². The Labute approximate surface area is 174 Å². The molecule has 0 atom stereocenters. The monoisotopic (exact) mass is 426 g/mol. The number of anilines is 1. The third kappa shape index (κ3) is 3.06. The number of aromatic nitrogens is 2. The van der Waals surface area contributed by atoms with Gasteiger partial charge in [-0.15, -0.1) is 0 Å². The molecule has 0 spiro atoms. The SMILES string of the molecule is Cn1c(=O)n(C)c2cc([N+](=O)[O-])c(/C=C3\SC(=S)N(c4ccccc4)C3=O)cc21. The van der Waals surface area contributed by atoms with Gasteiger partial charge in [-0.25, -0.2) is 4.79 Å². The number of carbonyl (C=O) groups is 1. The van der Waals surface area contributed by atoms with Gasteiger partial charge in [-0.3, -0.25) is 28.9 Å². The highest BCUT2D eigenvalue weighted by Gasteiger charge is 2.34. The average Bonchev–Trinajstić information content (AvgIpc) is 3.09. The van der Waals surface area contributed by atoms with Crippen molar-refractivity contribution in [2.45, 2.75) is 0 Å². The first-order valence-corrected chi connectivity index (χ1v) is 9.69. The lowest BCUT2D eigenvalue weighted by molar-refractivity contribution is -0.385. The van der Waals surface area contributed by atoms with E-state index in [1.54, 1.807) is 44.4 Å². The van der Waals surface area contributed by atoms with Crippen molar-refractivity contribution in [2.75, 3.05) is 4.90 Å². The molecule has 0 unspecified atom stereocenters. The van der Waals surface area contributed by atoms with Crippen LogP contribution in [-0.2, 0) is 18.9 Å². The second-order valence-electron chi connectivity index (χ2n) is 6.41. The number of thiocarbonyl (C=S) groups is 1. The van der Waals surface area contributed by atoms with Crippen LogP contribution in [0, 0.1) is 10.1 Å². The third-order valence-electron chi connectivity index (χ3n) is 4.71. The molecule has 3 aromatic rings. The molecule has 1 fully saturated rings. The Morgan fingerprint density at radius 2 is 1.69 bits per heavy atom. The number of nitrogens with zero attached hydrogens (tertiary/aromatic N) is 4. The van der Waals surface area contributed by atoms with Gasteiger partial charge >= 0.3 is 5.69 Å². The molecule has 0 aliphatic carbocycles. The van der Waals surface area contributed by atoms with E-state index in [-0.39, 0.29) is 27.8 Å². The number of carbonyl (C=O) groups excluding carboxylic acids is 1. The number of thioether (sulfide) groups is 1. The van der Waals surface area contributed by atoms with Crippen molar-refractivity contribution < 1.29 is 9.72 Å². The van der Waals surface area contributed by atoms with Crippen LogP contribution in [-0.4, -0.2) is 24.3 Å². The van der Waals surface area contributed by atoms with Crippen molar-refractivity contribution in [3.05, 3.63) is 73.5 Å². The number of para-hydroxylation sites is 1. The summed E-state index contributed by atoms with van der Waals surface area (Å²) in [6.07, 6.45) is 1.46. The zero-order valence-corrected chi connectivity index (χ0v) is 17.0. The first-order chi connectivity index (χ1) is 13.8. The second kappa shape index (κ2) is 6.98. The van der Waals surface area contributed by atoms with E-state index in [1.165, 1.54) is 26.2 Å². The van der Waals surface area contributed by atoms with Gasteiger partial charge < -0.3 is 0 Å². The Morgan fingerprint density at radius 3 is 2.31 bits per heavy atom. The number of aryl methyl sites for hydroxylation is 2. The zero-order valence-electron chi connectivity index (χ0n) is 15.4. The summed E-state index contributed by atoms with van der Waals surface area (Å²) in [5.74, 6) is -0.345. The summed E-state index contributed by atoms with van der Waals surface area (Å²) in [4.78, 5) is 37.9. The highest BCUT2D eigenvalue weighted by molar-refractivity contribution is 8.27. The lowest BCUT2D eigenvalue weighted by atomic mass is 10.1. The molecule has 8 nitrogen and oxygen atoms in total. The summed E-state index contributed by atoms with van der Waals surface area (Å²) >= 11 is 6.42. The molecule has 146 valence electrons. The van der Waals surface area contributed by atoms with Crippen molar-refractivity contribution in [3.8, 4) is 0 Å². The lowest BCUT2D eigenvalue weighted by Crippen LogP contribution is -2.27.